The number of halogens is 1. The molecule has 1 aromatic carbocycles. The average molecular weight is 331 g/mol. The number of hydrogen-bond acceptors (Lipinski definition) is 5. The van der Waals surface area contributed by atoms with E-state index >= 15 is 0 Å². The average Bonchev–Trinajstić information content (AvgIpc) is 2.62. The number of nitrogens with zero attached hydrogens (tertiary/aromatic N) is 3. The van der Waals surface area contributed by atoms with Crippen LogP contribution in [-0.4, -0.2) is 47.1 Å². The van der Waals surface area contributed by atoms with Crippen LogP contribution in [0.4, 0.5) is 4.39 Å². The zero-order chi connectivity index (χ0) is 16.9. The minimum Gasteiger partial charge on any atom is -0.477 e. The predicted octanol–water partition coefficient (Wildman–Crippen LogP) is 2.31. The van der Waals surface area contributed by atoms with Gasteiger partial charge in [-0.1, -0.05) is 0 Å². The molecule has 24 heavy (non-hydrogen) atoms. The number of methoxy groups -OCH3 is 1. The van der Waals surface area contributed by atoms with Gasteiger partial charge in [-0.05, 0) is 37.1 Å². The van der Waals surface area contributed by atoms with Gasteiger partial charge in [-0.2, -0.15) is 0 Å². The molecule has 3 rings (SSSR count). The summed E-state index contributed by atoms with van der Waals surface area (Å²) in [5.41, 5.74) is 0.467. The van der Waals surface area contributed by atoms with Crippen molar-refractivity contribution in [2.45, 2.75) is 18.9 Å². The second kappa shape index (κ2) is 7.25. The number of carbonyl (C=O) groups is 1. The number of piperidine rings is 1. The van der Waals surface area contributed by atoms with Crippen molar-refractivity contribution in [2.75, 3.05) is 20.2 Å². The van der Waals surface area contributed by atoms with Crippen LogP contribution in [0.25, 0.3) is 0 Å². The SMILES string of the molecule is COc1nccnc1OC1CCCN(C(=O)c2ccc(F)cc2)C1. The van der Waals surface area contributed by atoms with Crippen LogP contribution in [0, 0.1) is 5.82 Å². The molecule has 1 saturated heterocycles. The van der Waals surface area contributed by atoms with E-state index in [1.807, 2.05) is 0 Å². The van der Waals surface area contributed by atoms with Gasteiger partial charge in [-0.25, -0.2) is 14.4 Å². The fraction of sp³-hybridized carbons (Fsp3) is 0.353. The van der Waals surface area contributed by atoms with Gasteiger partial charge in [-0.3, -0.25) is 4.79 Å². The first-order valence-electron chi connectivity index (χ1n) is 7.74. The van der Waals surface area contributed by atoms with Crippen LogP contribution in [0.5, 0.6) is 11.8 Å². The molecule has 2 aromatic rings. The van der Waals surface area contributed by atoms with Crippen LogP contribution < -0.4 is 9.47 Å². The van der Waals surface area contributed by atoms with E-state index in [4.69, 9.17) is 9.47 Å². The Kier molecular flexibility index (Phi) is 4.88. The second-order valence-corrected chi connectivity index (χ2v) is 5.51. The first-order valence-corrected chi connectivity index (χ1v) is 7.74. The molecule has 0 bridgehead atoms. The highest BCUT2D eigenvalue weighted by Gasteiger charge is 2.27. The molecule has 1 amide bonds. The molecule has 1 aliphatic heterocycles. The Morgan fingerprint density at radius 1 is 1.21 bits per heavy atom. The minimum absolute atomic E-state index is 0.130. The largest absolute Gasteiger partial charge is 0.477 e. The van der Waals surface area contributed by atoms with Gasteiger partial charge in [-0.15, -0.1) is 0 Å². The lowest BCUT2D eigenvalue weighted by atomic mass is 10.1. The highest BCUT2D eigenvalue weighted by atomic mass is 19.1. The maximum atomic E-state index is 13.0. The summed E-state index contributed by atoms with van der Waals surface area (Å²) in [6, 6.07) is 5.56. The Balaban J connectivity index is 1.68. The molecule has 1 aliphatic rings. The number of likely N-dealkylation sites (tertiary alicyclic amines) is 1. The third kappa shape index (κ3) is 3.61. The summed E-state index contributed by atoms with van der Waals surface area (Å²) in [5, 5.41) is 0. The number of rotatable bonds is 4. The molecule has 0 radical (unpaired) electrons. The van der Waals surface area contributed by atoms with Gasteiger partial charge < -0.3 is 14.4 Å². The lowest BCUT2D eigenvalue weighted by Crippen LogP contribution is -2.44. The molecular formula is C17H18FN3O3. The van der Waals surface area contributed by atoms with Crippen molar-refractivity contribution in [2.24, 2.45) is 0 Å². The molecule has 0 aliphatic carbocycles. The third-order valence-corrected chi connectivity index (χ3v) is 3.86. The van der Waals surface area contributed by atoms with Crippen LogP contribution in [-0.2, 0) is 0 Å². The first-order chi connectivity index (χ1) is 11.7. The van der Waals surface area contributed by atoms with Gasteiger partial charge in [0.15, 0.2) is 0 Å². The third-order valence-electron chi connectivity index (χ3n) is 3.86. The van der Waals surface area contributed by atoms with E-state index in [-0.39, 0.29) is 17.8 Å². The molecule has 0 saturated carbocycles. The standard InChI is InChI=1S/C17H18FN3O3/c1-23-15-16(20-9-8-19-15)24-14-3-2-10-21(11-14)17(22)12-4-6-13(18)7-5-12/h4-9,14H,2-3,10-11H2,1H3. The van der Waals surface area contributed by atoms with Crippen LogP contribution in [0.2, 0.25) is 0 Å². The normalized spacial score (nSPS) is 17.4. The lowest BCUT2D eigenvalue weighted by molar-refractivity contribution is 0.0519. The van der Waals surface area contributed by atoms with Crippen molar-refractivity contribution in [3.05, 3.63) is 48.0 Å². The van der Waals surface area contributed by atoms with Crippen LogP contribution in [0.3, 0.4) is 0 Å². The molecule has 126 valence electrons. The molecule has 0 N–H and O–H groups in total. The summed E-state index contributed by atoms with van der Waals surface area (Å²) in [5.74, 6) is 0.149. The molecule has 1 aromatic heterocycles. The van der Waals surface area contributed by atoms with Crippen molar-refractivity contribution in [1.29, 1.82) is 0 Å². The monoisotopic (exact) mass is 331 g/mol. The molecule has 1 fully saturated rings. The Bertz CT molecular complexity index is 708. The highest BCUT2D eigenvalue weighted by Crippen LogP contribution is 2.24. The summed E-state index contributed by atoms with van der Waals surface area (Å²) in [7, 11) is 1.50. The van der Waals surface area contributed by atoms with Gasteiger partial charge in [0, 0.05) is 24.5 Å². The van der Waals surface area contributed by atoms with Crippen molar-refractivity contribution in [1.82, 2.24) is 14.9 Å². The number of aromatic nitrogens is 2. The summed E-state index contributed by atoms with van der Waals surface area (Å²) in [4.78, 5) is 22.4. The fourth-order valence-electron chi connectivity index (χ4n) is 2.69. The molecule has 1 unspecified atom stereocenters. The molecule has 7 heteroatoms. The summed E-state index contributed by atoms with van der Waals surface area (Å²) in [6.45, 7) is 1.09. The van der Waals surface area contributed by atoms with Gasteiger partial charge in [0.2, 0.25) is 0 Å². The van der Waals surface area contributed by atoms with E-state index in [1.54, 1.807) is 4.90 Å². The van der Waals surface area contributed by atoms with E-state index in [1.165, 1.54) is 43.8 Å². The van der Waals surface area contributed by atoms with E-state index in [9.17, 15) is 9.18 Å². The summed E-state index contributed by atoms with van der Waals surface area (Å²) < 4.78 is 24.0. The predicted molar refractivity (Wildman–Crippen MR) is 84.5 cm³/mol. The minimum atomic E-state index is -0.360. The van der Waals surface area contributed by atoms with Crippen molar-refractivity contribution in [3.63, 3.8) is 0 Å². The molecule has 0 spiro atoms. The van der Waals surface area contributed by atoms with Crippen molar-refractivity contribution < 1.29 is 18.7 Å². The Labute approximate surface area is 139 Å². The number of benzene rings is 1. The topological polar surface area (TPSA) is 64.6 Å². The van der Waals surface area contributed by atoms with E-state index in [2.05, 4.69) is 9.97 Å². The van der Waals surface area contributed by atoms with E-state index in [0.717, 1.165) is 12.8 Å². The van der Waals surface area contributed by atoms with Crippen LogP contribution >= 0.6 is 0 Å². The van der Waals surface area contributed by atoms with Gasteiger partial charge >= 0.3 is 0 Å². The van der Waals surface area contributed by atoms with Crippen molar-refractivity contribution >= 4 is 5.91 Å². The highest BCUT2D eigenvalue weighted by molar-refractivity contribution is 5.94. The molecule has 2 heterocycles. The van der Waals surface area contributed by atoms with Crippen LogP contribution in [0.1, 0.15) is 23.2 Å². The number of hydrogen-bond donors (Lipinski definition) is 0. The number of ether oxygens (including phenoxy) is 2. The summed E-state index contributed by atoms with van der Waals surface area (Å²) in [6.07, 6.45) is 4.50. The Morgan fingerprint density at radius 3 is 2.62 bits per heavy atom. The molecular weight excluding hydrogens is 313 g/mol. The van der Waals surface area contributed by atoms with Crippen molar-refractivity contribution in [3.8, 4) is 11.8 Å². The van der Waals surface area contributed by atoms with Gasteiger partial charge in [0.25, 0.3) is 17.7 Å². The maximum Gasteiger partial charge on any atom is 0.278 e. The summed E-state index contributed by atoms with van der Waals surface area (Å²) >= 11 is 0. The number of amides is 1. The zero-order valence-electron chi connectivity index (χ0n) is 13.3. The zero-order valence-corrected chi connectivity index (χ0v) is 13.3. The molecule has 1 atom stereocenters. The Morgan fingerprint density at radius 2 is 1.92 bits per heavy atom. The fourth-order valence-corrected chi connectivity index (χ4v) is 2.69. The number of carbonyl (C=O) groups excluding carboxylic acids is 1. The Hall–Kier alpha value is -2.70. The van der Waals surface area contributed by atoms with Gasteiger partial charge in [0.1, 0.15) is 11.9 Å². The first kappa shape index (κ1) is 16.2. The smallest absolute Gasteiger partial charge is 0.278 e. The second-order valence-electron chi connectivity index (χ2n) is 5.51. The lowest BCUT2D eigenvalue weighted by Gasteiger charge is -2.32. The maximum absolute atomic E-state index is 13.0. The van der Waals surface area contributed by atoms with E-state index < -0.39 is 0 Å². The van der Waals surface area contributed by atoms with Crippen LogP contribution in [0.15, 0.2) is 36.7 Å². The van der Waals surface area contributed by atoms with E-state index in [0.29, 0.717) is 30.4 Å². The quantitative estimate of drug-likeness (QED) is 0.860. The van der Waals surface area contributed by atoms with Gasteiger partial charge in [0.05, 0.1) is 13.7 Å². The molecule has 6 nitrogen and oxygen atoms in total.